The minimum atomic E-state index is -0.438. The van der Waals surface area contributed by atoms with E-state index >= 15 is 0 Å². The summed E-state index contributed by atoms with van der Waals surface area (Å²) in [6.07, 6.45) is 6.98. The number of hydrogen-bond acceptors (Lipinski definition) is 5. The molecule has 1 atom stereocenters. The molecule has 2 saturated heterocycles. The van der Waals surface area contributed by atoms with E-state index in [0.717, 1.165) is 51.0 Å². The second-order valence-corrected chi connectivity index (χ2v) is 8.02. The lowest BCUT2D eigenvalue weighted by molar-refractivity contribution is -0.138. The van der Waals surface area contributed by atoms with E-state index in [0.29, 0.717) is 6.54 Å². The van der Waals surface area contributed by atoms with Gasteiger partial charge in [0.1, 0.15) is 0 Å². The summed E-state index contributed by atoms with van der Waals surface area (Å²) in [5.74, 6) is 0.484. The summed E-state index contributed by atoms with van der Waals surface area (Å²) in [7, 11) is 2.10. The Balaban J connectivity index is 1.43. The van der Waals surface area contributed by atoms with E-state index in [2.05, 4.69) is 21.9 Å². The molecule has 0 radical (unpaired) electrons. The molecule has 0 N–H and O–H groups in total. The van der Waals surface area contributed by atoms with Crippen LogP contribution < -0.4 is 4.74 Å². The molecule has 0 spiro atoms. The van der Waals surface area contributed by atoms with Gasteiger partial charge in [0.15, 0.2) is 11.6 Å². The van der Waals surface area contributed by atoms with Gasteiger partial charge in [-0.1, -0.05) is 12.1 Å². The lowest BCUT2D eigenvalue weighted by Crippen LogP contribution is -2.45. The Labute approximate surface area is 170 Å². The first kappa shape index (κ1) is 19.8. The van der Waals surface area contributed by atoms with E-state index in [1.165, 1.54) is 12.3 Å². The number of rotatable bonds is 4. The molecule has 1 aromatic carbocycles. The number of benzene rings is 1. The van der Waals surface area contributed by atoms with Gasteiger partial charge < -0.3 is 14.5 Å². The van der Waals surface area contributed by atoms with Crippen LogP contribution in [0.15, 0.2) is 36.7 Å². The minimum Gasteiger partial charge on any atom is -0.434 e. The number of carbonyl (C=O) groups excluding carboxylic acids is 1. The van der Waals surface area contributed by atoms with Gasteiger partial charge in [-0.2, -0.15) is 0 Å². The van der Waals surface area contributed by atoms with Crippen molar-refractivity contribution >= 4 is 5.91 Å². The van der Waals surface area contributed by atoms with Crippen molar-refractivity contribution in [2.24, 2.45) is 5.92 Å². The highest BCUT2D eigenvalue weighted by Crippen LogP contribution is 2.30. The maximum absolute atomic E-state index is 13.9. The molecule has 29 heavy (non-hydrogen) atoms. The molecule has 1 aromatic heterocycles. The van der Waals surface area contributed by atoms with Crippen LogP contribution in [0.3, 0.4) is 0 Å². The highest BCUT2D eigenvalue weighted by atomic mass is 19.1. The molecule has 2 aliphatic heterocycles. The van der Waals surface area contributed by atoms with Gasteiger partial charge >= 0.3 is 0 Å². The Kier molecular flexibility index (Phi) is 6.04. The lowest BCUT2D eigenvalue weighted by atomic mass is 9.91. The second-order valence-electron chi connectivity index (χ2n) is 8.02. The molecule has 154 valence electrons. The first-order valence-electron chi connectivity index (χ1n) is 10.3. The zero-order valence-electron chi connectivity index (χ0n) is 16.8. The van der Waals surface area contributed by atoms with E-state index < -0.39 is 5.82 Å². The maximum Gasteiger partial charge on any atom is 0.238 e. The van der Waals surface area contributed by atoms with Gasteiger partial charge in [0.25, 0.3) is 0 Å². The van der Waals surface area contributed by atoms with Gasteiger partial charge in [-0.15, -0.1) is 0 Å². The standard InChI is InChI=1S/C22H27FN4O2/c1-26-11-8-16(9-12-26)22(28)27-10-4-5-17(15-27)19-13-24-14-21(25-19)29-20-7-3-2-6-18(20)23/h2-3,6-7,13-14,16-17H,4-5,8-12,15H2,1H3. The Hall–Kier alpha value is -2.54. The Bertz CT molecular complexity index is 854. The van der Waals surface area contributed by atoms with Crippen LogP contribution in [-0.2, 0) is 4.79 Å². The molecule has 2 fully saturated rings. The van der Waals surface area contributed by atoms with Crippen LogP contribution in [-0.4, -0.2) is 58.9 Å². The summed E-state index contributed by atoms with van der Waals surface area (Å²) >= 11 is 0. The number of halogens is 1. The van der Waals surface area contributed by atoms with Gasteiger partial charge in [-0.05, 0) is 58.0 Å². The van der Waals surface area contributed by atoms with E-state index in [1.54, 1.807) is 24.4 Å². The molecule has 3 heterocycles. The summed E-state index contributed by atoms with van der Waals surface area (Å²) < 4.78 is 19.4. The number of likely N-dealkylation sites (tertiary alicyclic amines) is 2. The quantitative estimate of drug-likeness (QED) is 0.790. The van der Waals surface area contributed by atoms with Crippen LogP contribution in [0.2, 0.25) is 0 Å². The molecule has 0 saturated carbocycles. The van der Waals surface area contributed by atoms with Crippen LogP contribution in [0, 0.1) is 11.7 Å². The number of ether oxygens (including phenoxy) is 1. The number of aromatic nitrogens is 2. The number of hydrogen-bond donors (Lipinski definition) is 0. The molecule has 2 aliphatic rings. The van der Waals surface area contributed by atoms with E-state index in [1.807, 2.05) is 4.90 Å². The van der Waals surface area contributed by atoms with Crippen molar-refractivity contribution in [3.8, 4) is 11.6 Å². The fourth-order valence-corrected chi connectivity index (χ4v) is 4.18. The molecule has 0 bridgehead atoms. The molecule has 4 rings (SSSR count). The predicted molar refractivity (Wildman–Crippen MR) is 107 cm³/mol. The normalized spacial score (nSPS) is 21.2. The molecule has 7 heteroatoms. The third-order valence-corrected chi connectivity index (χ3v) is 5.90. The van der Waals surface area contributed by atoms with Gasteiger partial charge in [0.05, 0.1) is 11.9 Å². The molecule has 0 aliphatic carbocycles. The topological polar surface area (TPSA) is 58.6 Å². The largest absolute Gasteiger partial charge is 0.434 e. The van der Waals surface area contributed by atoms with Crippen LogP contribution >= 0.6 is 0 Å². The number of piperidine rings is 2. The zero-order valence-corrected chi connectivity index (χ0v) is 16.8. The summed E-state index contributed by atoms with van der Waals surface area (Å²) in [4.78, 5) is 26.0. The van der Waals surface area contributed by atoms with Gasteiger partial charge in [-0.25, -0.2) is 9.37 Å². The summed E-state index contributed by atoms with van der Waals surface area (Å²) in [5, 5.41) is 0. The van der Waals surface area contributed by atoms with Crippen molar-refractivity contribution in [3.05, 3.63) is 48.2 Å². The monoisotopic (exact) mass is 398 g/mol. The number of amides is 1. The van der Waals surface area contributed by atoms with E-state index in [9.17, 15) is 9.18 Å². The van der Waals surface area contributed by atoms with Crippen molar-refractivity contribution in [2.75, 3.05) is 33.2 Å². The fraction of sp³-hybridized carbons (Fsp3) is 0.500. The Morgan fingerprint density at radius 3 is 2.72 bits per heavy atom. The molecule has 6 nitrogen and oxygen atoms in total. The number of para-hydroxylation sites is 1. The van der Waals surface area contributed by atoms with Crippen molar-refractivity contribution in [1.82, 2.24) is 19.8 Å². The first-order chi connectivity index (χ1) is 14.1. The summed E-state index contributed by atoms with van der Waals surface area (Å²) in [6, 6.07) is 6.23. The van der Waals surface area contributed by atoms with Gasteiger partial charge in [0.2, 0.25) is 11.8 Å². The minimum absolute atomic E-state index is 0.121. The Morgan fingerprint density at radius 1 is 1.14 bits per heavy atom. The second kappa shape index (κ2) is 8.86. The molecular formula is C22H27FN4O2. The molecule has 2 aromatic rings. The highest BCUT2D eigenvalue weighted by Gasteiger charge is 2.31. The molecule has 1 amide bonds. The van der Waals surface area contributed by atoms with Gasteiger partial charge in [-0.3, -0.25) is 9.78 Å². The molecular weight excluding hydrogens is 371 g/mol. The third-order valence-electron chi connectivity index (χ3n) is 5.90. The zero-order chi connectivity index (χ0) is 20.2. The number of carbonyl (C=O) groups is 1. The third kappa shape index (κ3) is 4.72. The van der Waals surface area contributed by atoms with Crippen molar-refractivity contribution in [1.29, 1.82) is 0 Å². The summed E-state index contributed by atoms with van der Waals surface area (Å²) in [6.45, 7) is 3.42. The van der Waals surface area contributed by atoms with Crippen molar-refractivity contribution in [3.63, 3.8) is 0 Å². The van der Waals surface area contributed by atoms with Crippen LogP contribution in [0.1, 0.15) is 37.3 Å². The van der Waals surface area contributed by atoms with Crippen molar-refractivity contribution < 1.29 is 13.9 Å². The SMILES string of the molecule is CN1CCC(C(=O)N2CCCC(c3cncc(Oc4ccccc4F)n3)C2)CC1. The maximum atomic E-state index is 13.9. The van der Waals surface area contributed by atoms with E-state index in [-0.39, 0.29) is 29.4 Å². The lowest BCUT2D eigenvalue weighted by Gasteiger charge is -2.37. The molecule has 1 unspecified atom stereocenters. The summed E-state index contributed by atoms with van der Waals surface area (Å²) in [5.41, 5.74) is 0.791. The van der Waals surface area contributed by atoms with E-state index in [4.69, 9.17) is 4.74 Å². The number of nitrogens with zero attached hydrogens (tertiary/aromatic N) is 4. The average Bonchev–Trinajstić information content (AvgIpc) is 2.76. The van der Waals surface area contributed by atoms with Gasteiger partial charge in [0, 0.05) is 31.1 Å². The fourth-order valence-electron chi connectivity index (χ4n) is 4.18. The Morgan fingerprint density at radius 2 is 1.93 bits per heavy atom. The predicted octanol–water partition coefficient (Wildman–Crippen LogP) is 3.46. The van der Waals surface area contributed by atoms with Crippen LogP contribution in [0.4, 0.5) is 4.39 Å². The van der Waals surface area contributed by atoms with Crippen LogP contribution in [0.5, 0.6) is 11.6 Å². The highest BCUT2D eigenvalue weighted by molar-refractivity contribution is 5.79. The average molecular weight is 398 g/mol. The first-order valence-corrected chi connectivity index (χ1v) is 10.3. The smallest absolute Gasteiger partial charge is 0.238 e. The van der Waals surface area contributed by atoms with Crippen molar-refractivity contribution in [2.45, 2.75) is 31.6 Å². The van der Waals surface area contributed by atoms with Crippen LogP contribution in [0.25, 0.3) is 0 Å².